The van der Waals surface area contributed by atoms with Crippen molar-refractivity contribution in [2.45, 2.75) is 58.9 Å². The molecule has 0 heterocycles. The highest BCUT2D eigenvalue weighted by Crippen LogP contribution is 2.26. The minimum atomic E-state index is 0.216. The first kappa shape index (κ1) is 18.2. The maximum Gasteiger partial charge on any atom is 0.0488 e. The Morgan fingerprint density at radius 3 is 2.24 bits per heavy atom. The molecule has 0 spiro atoms. The first-order valence-corrected chi connectivity index (χ1v) is 8.21. The van der Waals surface area contributed by atoms with Crippen molar-refractivity contribution in [3.05, 3.63) is 35.4 Å². The molecule has 0 saturated carbocycles. The van der Waals surface area contributed by atoms with Crippen LogP contribution in [0.25, 0.3) is 0 Å². The van der Waals surface area contributed by atoms with Gasteiger partial charge >= 0.3 is 0 Å². The Hall–Kier alpha value is -0.860. The zero-order valence-corrected chi connectivity index (χ0v) is 14.7. The molecule has 0 radical (unpaired) electrons. The van der Waals surface area contributed by atoms with E-state index in [0.29, 0.717) is 12.0 Å². The smallest absolute Gasteiger partial charge is 0.0488 e. The van der Waals surface area contributed by atoms with Crippen LogP contribution in [-0.4, -0.2) is 20.3 Å². The Kier molecular flexibility index (Phi) is 7.41. The summed E-state index contributed by atoms with van der Waals surface area (Å²) in [6, 6.07) is 9.54. The standard InChI is InChI=1S/C19H33NO/c1-7-12-20-18(13-15(2)14-21-6)16-8-10-17(11-9-16)19(3,4)5/h8-11,15,18,20H,7,12-14H2,1-6H3. The summed E-state index contributed by atoms with van der Waals surface area (Å²) in [7, 11) is 1.78. The minimum Gasteiger partial charge on any atom is -0.384 e. The number of hydrogen-bond donors (Lipinski definition) is 1. The van der Waals surface area contributed by atoms with Crippen LogP contribution in [0.3, 0.4) is 0 Å². The lowest BCUT2D eigenvalue weighted by Crippen LogP contribution is -2.25. The van der Waals surface area contributed by atoms with E-state index in [2.05, 4.69) is 64.2 Å². The van der Waals surface area contributed by atoms with Crippen LogP contribution >= 0.6 is 0 Å². The Morgan fingerprint density at radius 2 is 1.76 bits per heavy atom. The summed E-state index contributed by atoms with van der Waals surface area (Å²) in [5.74, 6) is 0.562. The van der Waals surface area contributed by atoms with Gasteiger partial charge in [0, 0.05) is 19.8 Å². The molecule has 1 rings (SSSR count). The fourth-order valence-electron chi connectivity index (χ4n) is 2.63. The number of rotatable bonds is 8. The first-order chi connectivity index (χ1) is 9.88. The van der Waals surface area contributed by atoms with Crippen LogP contribution in [0.15, 0.2) is 24.3 Å². The molecular weight excluding hydrogens is 258 g/mol. The second kappa shape index (κ2) is 8.55. The lowest BCUT2D eigenvalue weighted by atomic mass is 9.85. The van der Waals surface area contributed by atoms with E-state index in [9.17, 15) is 0 Å². The van der Waals surface area contributed by atoms with E-state index in [4.69, 9.17) is 4.74 Å². The summed E-state index contributed by atoms with van der Waals surface area (Å²) in [6.07, 6.45) is 2.28. The lowest BCUT2D eigenvalue weighted by molar-refractivity contribution is 0.149. The van der Waals surface area contributed by atoms with Crippen molar-refractivity contribution < 1.29 is 4.74 Å². The van der Waals surface area contributed by atoms with Crippen molar-refractivity contribution in [3.63, 3.8) is 0 Å². The molecule has 2 nitrogen and oxygen atoms in total. The monoisotopic (exact) mass is 291 g/mol. The zero-order chi connectivity index (χ0) is 15.9. The number of hydrogen-bond acceptors (Lipinski definition) is 2. The molecule has 0 aliphatic heterocycles. The van der Waals surface area contributed by atoms with Crippen LogP contribution in [0.1, 0.15) is 64.6 Å². The molecule has 21 heavy (non-hydrogen) atoms. The summed E-state index contributed by atoms with van der Waals surface area (Å²) < 4.78 is 5.28. The molecule has 0 aromatic heterocycles. The van der Waals surface area contributed by atoms with Crippen LogP contribution in [0.5, 0.6) is 0 Å². The van der Waals surface area contributed by atoms with Gasteiger partial charge in [-0.15, -0.1) is 0 Å². The van der Waals surface area contributed by atoms with Gasteiger partial charge in [-0.2, -0.15) is 0 Å². The topological polar surface area (TPSA) is 21.3 Å². The van der Waals surface area contributed by atoms with Gasteiger partial charge in [0.2, 0.25) is 0 Å². The van der Waals surface area contributed by atoms with Crippen LogP contribution in [0, 0.1) is 5.92 Å². The van der Waals surface area contributed by atoms with Gasteiger partial charge in [0.05, 0.1) is 0 Å². The van der Waals surface area contributed by atoms with E-state index in [1.807, 2.05) is 0 Å². The number of ether oxygens (including phenoxy) is 1. The van der Waals surface area contributed by atoms with Crippen molar-refractivity contribution in [1.29, 1.82) is 0 Å². The predicted octanol–water partition coefficient (Wildman–Crippen LogP) is 4.70. The second-order valence-electron chi connectivity index (χ2n) is 7.17. The molecule has 0 amide bonds. The van der Waals surface area contributed by atoms with Crippen LogP contribution in [-0.2, 0) is 10.2 Å². The van der Waals surface area contributed by atoms with Crippen molar-refractivity contribution in [3.8, 4) is 0 Å². The Balaban J connectivity index is 2.82. The largest absolute Gasteiger partial charge is 0.384 e. The molecule has 120 valence electrons. The Labute approximate surface area is 131 Å². The van der Waals surface area contributed by atoms with Gasteiger partial charge < -0.3 is 10.1 Å². The number of nitrogens with one attached hydrogen (secondary N) is 1. The van der Waals surface area contributed by atoms with E-state index < -0.39 is 0 Å². The zero-order valence-electron chi connectivity index (χ0n) is 14.7. The van der Waals surface area contributed by atoms with Gasteiger partial charge in [-0.25, -0.2) is 0 Å². The van der Waals surface area contributed by atoms with E-state index in [1.165, 1.54) is 11.1 Å². The summed E-state index contributed by atoms with van der Waals surface area (Å²) >= 11 is 0. The van der Waals surface area contributed by atoms with Crippen molar-refractivity contribution in [2.75, 3.05) is 20.3 Å². The van der Waals surface area contributed by atoms with Gasteiger partial charge in [-0.05, 0) is 41.8 Å². The molecule has 0 fully saturated rings. The van der Waals surface area contributed by atoms with Gasteiger partial charge in [0.1, 0.15) is 0 Å². The quantitative estimate of drug-likeness (QED) is 0.749. The molecule has 2 heteroatoms. The molecule has 0 saturated heterocycles. The third-order valence-corrected chi connectivity index (χ3v) is 3.91. The van der Waals surface area contributed by atoms with Gasteiger partial charge in [-0.3, -0.25) is 0 Å². The molecular formula is C19H33NO. The fourth-order valence-corrected chi connectivity index (χ4v) is 2.63. The Bertz CT molecular complexity index is 391. The van der Waals surface area contributed by atoms with Crippen molar-refractivity contribution in [2.24, 2.45) is 5.92 Å². The highest BCUT2D eigenvalue weighted by atomic mass is 16.5. The normalized spacial score (nSPS) is 15.0. The average Bonchev–Trinajstić information content (AvgIpc) is 2.43. The van der Waals surface area contributed by atoms with Crippen molar-refractivity contribution in [1.82, 2.24) is 5.32 Å². The molecule has 2 unspecified atom stereocenters. The molecule has 1 aromatic carbocycles. The summed E-state index contributed by atoms with van der Waals surface area (Å²) in [6.45, 7) is 13.1. The second-order valence-corrected chi connectivity index (χ2v) is 7.17. The van der Waals surface area contributed by atoms with Gasteiger partial charge in [-0.1, -0.05) is 58.9 Å². The van der Waals surface area contributed by atoms with E-state index in [-0.39, 0.29) is 5.41 Å². The van der Waals surface area contributed by atoms with Crippen LogP contribution in [0.4, 0.5) is 0 Å². The third-order valence-electron chi connectivity index (χ3n) is 3.91. The minimum absolute atomic E-state index is 0.216. The van der Waals surface area contributed by atoms with Crippen LogP contribution in [0.2, 0.25) is 0 Å². The van der Waals surface area contributed by atoms with E-state index >= 15 is 0 Å². The van der Waals surface area contributed by atoms with Gasteiger partial charge in [0.15, 0.2) is 0 Å². The number of methoxy groups -OCH3 is 1. The predicted molar refractivity (Wildman–Crippen MR) is 91.8 cm³/mol. The molecule has 1 N–H and O–H groups in total. The molecule has 0 aliphatic carbocycles. The van der Waals surface area contributed by atoms with E-state index in [0.717, 1.165) is 26.0 Å². The molecule has 0 bridgehead atoms. The molecule has 1 aromatic rings. The summed E-state index contributed by atoms with van der Waals surface area (Å²) in [5, 5.41) is 3.68. The van der Waals surface area contributed by atoms with Crippen molar-refractivity contribution >= 4 is 0 Å². The maximum atomic E-state index is 5.28. The third kappa shape index (κ3) is 6.19. The summed E-state index contributed by atoms with van der Waals surface area (Å²) in [5.41, 5.74) is 3.00. The summed E-state index contributed by atoms with van der Waals surface area (Å²) in [4.78, 5) is 0. The molecule has 0 aliphatic rings. The number of benzene rings is 1. The highest BCUT2D eigenvalue weighted by molar-refractivity contribution is 5.29. The van der Waals surface area contributed by atoms with Gasteiger partial charge in [0.25, 0.3) is 0 Å². The fraction of sp³-hybridized carbons (Fsp3) is 0.684. The lowest BCUT2D eigenvalue weighted by Gasteiger charge is -2.24. The van der Waals surface area contributed by atoms with Crippen LogP contribution < -0.4 is 5.32 Å². The first-order valence-electron chi connectivity index (χ1n) is 8.21. The Morgan fingerprint density at radius 1 is 1.14 bits per heavy atom. The highest BCUT2D eigenvalue weighted by Gasteiger charge is 2.17. The SMILES string of the molecule is CCCNC(CC(C)COC)c1ccc(C(C)(C)C)cc1. The van der Waals surface area contributed by atoms with E-state index in [1.54, 1.807) is 7.11 Å². The average molecular weight is 291 g/mol. The molecule has 2 atom stereocenters. The maximum absolute atomic E-state index is 5.28.